The van der Waals surface area contributed by atoms with Crippen molar-refractivity contribution in [3.63, 3.8) is 0 Å². The lowest BCUT2D eigenvalue weighted by molar-refractivity contribution is -0.679. The van der Waals surface area contributed by atoms with Crippen molar-refractivity contribution in [2.24, 2.45) is 0 Å². The zero-order chi connectivity index (χ0) is 17.7. The van der Waals surface area contributed by atoms with E-state index >= 15 is 0 Å². The lowest BCUT2D eigenvalue weighted by Gasteiger charge is -2.40. The van der Waals surface area contributed by atoms with E-state index in [4.69, 9.17) is 0 Å². The van der Waals surface area contributed by atoms with E-state index in [9.17, 15) is 0 Å². The maximum absolute atomic E-state index is 2.61. The van der Waals surface area contributed by atoms with Crippen molar-refractivity contribution < 1.29 is 4.57 Å². The first-order valence-electron chi connectivity index (χ1n) is 9.01. The number of rotatable bonds is 0. The second kappa shape index (κ2) is 4.70. The molecule has 2 heteroatoms. The van der Waals surface area contributed by atoms with Crippen LogP contribution in [0.4, 0.5) is 0 Å². The van der Waals surface area contributed by atoms with Crippen LogP contribution in [0.25, 0.3) is 11.3 Å². The highest BCUT2D eigenvalue weighted by Crippen LogP contribution is 2.61. The maximum atomic E-state index is 2.61. The van der Waals surface area contributed by atoms with Crippen LogP contribution in [0.15, 0.2) is 0 Å². The number of hydrogen-bond donors (Lipinski definition) is 0. The summed E-state index contributed by atoms with van der Waals surface area (Å²) in [6.07, 6.45) is 0. The van der Waals surface area contributed by atoms with Gasteiger partial charge in [-0.2, -0.15) is 4.57 Å². The fourth-order valence-corrected chi connectivity index (χ4v) is 7.44. The van der Waals surface area contributed by atoms with Gasteiger partial charge >= 0.3 is 0 Å². The van der Waals surface area contributed by atoms with E-state index in [-0.39, 0.29) is 13.1 Å². The van der Waals surface area contributed by atoms with Crippen LogP contribution in [0, 0.1) is 41.5 Å². The normalized spacial score (nSPS) is 19.6. The van der Waals surface area contributed by atoms with Crippen molar-refractivity contribution in [2.75, 3.05) is 6.66 Å². The molecule has 0 spiro atoms. The van der Waals surface area contributed by atoms with Crippen LogP contribution in [0.1, 0.15) is 58.5 Å². The molecule has 0 bridgehead atoms. The molecule has 0 saturated heterocycles. The predicted molar refractivity (Wildman–Crippen MR) is 105 cm³/mol. The number of benzene rings is 1. The number of hydrogen-bond acceptors (Lipinski definition) is 0. The van der Waals surface area contributed by atoms with Gasteiger partial charge in [-0.25, -0.2) is 0 Å². The molecule has 2 aromatic rings. The quantitative estimate of drug-likeness (QED) is 0.408. The molecule has 4 rings (SSSR count). The molecule has 1 aromatic heterocycles. The number of nitrogens with zero attached hydrogens (tertiary/aromatic N) is 1. The van der Waals surface area contributed by atoms with Crippen LogP contribution in [0.5, 0.6) is 0 Å². The summed E-state index contributed by atoms with van der Waals surface area (Å²) in [4.78, 5) is 0. The molecule has 0 saturated carbocycles. The minimum absolute atomic E-state index is 0.221. The molecular formula is C22H29NP+. The Morgan fingerprint density at radius 3 is 2.08 bits per heavy atom. The van der Waals surface area contributed by atoms with Gasteiger partial charge < -0.3 is 0 Å². The third-order valence-electron chi connectivity index (χ3n) is 7.20. The van der Waals surface area contributed by atoms with Gasteiger partial charge in [0, 0.05) is 28.8 Å². The Morgan fingerprint density at radius 2 is 1.46 bits per heavy atom. The SMILES string of the molecule is Cc1c(C)c2c3c(c1C)P(C)C(C)(C)c1c(C)c(C)c(C)[n+](c1-3)C2. The maximum Gasteiger partial charge on any atom is 0.218 e. The van der Waals surface area contributed by atoms with Gasteiger partial charge in [-0.3, -0.25) is 0 Å². The molecule has 2 aliphatic heterocycles. The molecule has 0 aliphatic carbocycles. The molecule has 0 N–H and O–H groups in total. The Labute approximate surface area is 147 Å². The summed E-state index contributed by atoms with van der Waals surface area (Å²) in [5, 5.41) is 1.91. The Kier molecular flexibility index (Phi) is 3.19. The minimum atomic E-state index is -0.221. The van der Waals surface area contributed by atoms with Crippen LogP contribution in [-0.2, 0) is 11.7 Å². The predicted octanol–water partition coefficient (Wildman–Crippen LogP) is 4.84. The molecule has 1 nitrogen and oxygen atoms in total. The van der Waals surface area contributed by atoms with E-state index < -0.39 is 0 Å². The molecule has 3 heterocycles. The van der Waals surface area contributed by atoms with E-state index in [1.54, 1.807) is 27.6 Å². The van der Waals surface area contributed by atoms with Crippen molar-refractivity contribution in [3.8, 4) is 11.3 Å². The van der Waals surface area contributed by atoms with E-state index in [2.05, 4.69) is 66.6 Å². The lowest BCUT2D eigenvalue weighted by atomic mass is 9.86. The van der Waals surface area contributed by atoms with Gasteiger partial charge in [-0.05, 0) is 68.8 Å². The van der Waals surface area contributed by atoms with Crippen LogP contribution < -0.4 is 9.87 Å². The molecule has 1 aromatic carbocycles. The smallest absolute Gasteiger partial charge is 0.191 e. The van der Waals surface area contributed by atoms with E-state index in [1.807, 2.05) is 0 Å². The summed E-state index contributed by atoms with van der Waals surface area (Å²) in [7, 11) is -0.221. The summed E-state index contributed by atoms with van der Waals surface area (Å²) < 4.78 is 2.61. The minimum Gasteiger partial charge on any atom is -0.191 e. The van der Waals surface area contributed by atoms with Gasteiger partial charge in [0.05, 0.1) is 5.56 Å². The van der Waals surface area contributed by atoms with E-state index in [0.29, 0.717) is 0 Å². The Balaban J connectivity index is 2.29. The lowest BCUT2D eigenvalue weighted by Crippen LogP contribution is -2.42. The van der Waals surface area contributed by atoms with Gasteiger partial charge in [0.2, 0.25) is 5.69 Å². The first kappa shape index (κ1) is 16.3. The standard InChI is InChI=1S/C22H29NP/c1-11-13(3)17-10-23-16(6)12(2)14(4)19-20(23)18(17)21(15(11)5)24(9)22(19,7)8/h10H2,1-9H3/q+1. The van der Waals surface area contributed by atoms with Gasteiger partial charge in [-0.1, -0.05) is 21.8 Å². The number of aromatic nitrogens is 1. The van der Waals surface area contributed by atoms with Crippen molar-refractivity contribution in [1.29, 1.82) is 0 Å². The monoisotopic (exact) mass is 338 g/mol. The van der Waals surface area contributed by atoms with E-state index in [1.165, 1.54) is 33.6 Å². The highest BCUT2D eigenvalue weighted by molar-refractivity contribution is 7.66. The summed E-state index contributed by atoms with van der Waals surface area (Å²) in [6.45, 7) is 22.5. The van der Waals surface area contributed by atoms with Crippen LogP contribution in [0.2, 0.25) is 0 Å². The molecular weight excluding hydrogens is 309 g/mol. The highest BCUT2D eigenvalue weighted by Gasteiger charge is 2.49. The van der Waals surface area contributed by atoms with Crippen molar-refractivity contribution in [2.45, 2.75) is 67.1 Å². The first-order valence-corrected chi connectivity index (χ1v) is 10.8. The average Bonchev–Trinajstić information content (AvgIpc) is 2.90. The molecule has 1 atom stereocenters. The second-order valence-electron chi connectivity index (χ2n) is 8.34. The fourth-order valence-electron chi connectivity index (χ4n) is 5.03. The summed E-state index contributed by atoms with van der Waals surface area (Å²) in [6, 6.07) is 0. The van der Waals surface area contributed by atoms with Crippen molar-refractivity contribution in [1.82, 2.24) is 0 Å². The largest absolute Gasteiger partial charge is 0.218 e. The molecule has 2 aliphatic rings. The summed E-state index contributed by atoms with van der Waals surface area (Å²) in [5.74, 6) is 0. The van der Waals surface area contributed by atoms with Gasteiger partial charge in [0.1, 0.15) is 0 Å². The second-order valence-corrected chi connectivity index (χ2v) is 11.0. The summed E-state index contributed by atoms with van der Waals surface area (Å²) in [5.41, 5.74) is 15.4. The third kappa shape index (κ3) is 1.63. The molecule has 1 unspecified atom stereocenters. The molecule has 126 valence electrons. The summed E-state index contributed by atoms with van der Waals surface area (Å²) >= 11 is 0. The van der Waals surface area contributed by atoms with Crippen LogP contribution >= 0.6 is 7.92 Å². The zero-order valence-corrected chi connectivity index (χ0v) is 17.5. The van der Waals surface area contributed by atoms with Crippen molar-refractivity contribution >= 4 is 13.2 Å². The zero-order valence-electron chi connectivity index (χ0n) is 16.6. The number of pyridine rings is 1. The van der Waals surface area contributed by atoms with Crippen LogP contribution in [0.3, 0.4) is 0 Å². The van der Waals surface area contributed by atoms with Crippen LogP contribution in [-0.4, -0.2) is 6.66 Å². The Morgan fingerprint density at radius 1 is 0.833 bits per heavy atom. The Hall–Kier alpha value is -1.20. The van der Waals surface area contributed by atoms with E-state index in [0.717, 1.165) is 6.54 Å². The van der Waals surface area contributed by atoms with Crippen molar-refractivity contribution in [3.05, 3.63) is 44.6 Å². The first-order chi connectivity index (χ1) is 11.1. The Bertz CT molecular complexity index is 934. The third-order valence-corrected chi connectivity index (χ3v) is 10.3. The van der Waals surface area contributed by atoms with Gasteiger partial charge in [0.25, 0.3) is 0 Å². The molecule has 0 radical (unpaired) electrons. The van der Waals surface area contributed by atoms with Gasteiger partial charge in [-0.15, -0.1) is 0 Å². The average molecular weight is 338 g/mol. The topological polar surface area (TPSA) is 3.88 Å². The molecule has 0 fully saturated rings. The van der Waals surface area contributed by atoms with Gasteiger partial charge in [0.15, 0.2) is 12.2 Å². The molecule has 24 heavy (non-hydrogen) atoms. The molecule has 0 amide bonds. The fraction of sp³-hybridized carbons (Fsp3) is 0.500. The highest BCUT2D eigenvalue weighted by atomic mass is 31.1.